The van der Waals surface area contributed by atoms with Crippen molar-refractivity contribution in [3.05, 3.63) is 24.2 Å². The Morgan fingerprint density at radius 3 is 3.00 bits per heavy atom. The summed E-state index contributed by atoms with van der Waals surface area (Å²) in [5.74, 6) is 1.37. The van der Waals surface area contributed by atoms with Gasteiger partial charge in [-0.25, -0.2) is 0 Å². The fraction of sp³-hybridized carbons (Fsp3) is 0.692. The van der Waals surface area contributed by atoms with Crippen LogP contribution >= 0.6 is 0 Å². The highest BCUT2D eigenvalue weighted by Gasteiger charge is 2.22. The second-order valence-electron chi connectivity index (χ2n) is 4.81. The Balaban J connectivity index is 1.78. The molecule has 1 aliphatic rings. The van der Waals surface area contributed by atoms with Crippen LogP contribution in [0.3, 0.4) is 0 Å². The second-order valence-corrected chi connectivity index (χ2v) is 4.81. The van der Waals surface area contributed by atoms with Crippen molar-refractivity contribution < 1.29 is 9.52 Å². The van der Waals surface area contributed by atoms with Crippen molar-refractivity contribution in [2.45, 2.75) is 44.8 Å². The van der Waals surface area contributed by atoms with Crippen molar-refractivity contribution in [1.82, 2.24) is 5.32 Å². The Bertz CT molecular complexity index is 297. The summed E-state index contributed by atoms with van der Waals surface area (Å²) in [7, 11) is 0. The van der Waals surface area contributed by atoms with Crippen LogP contribution in [0, 0.1) is 5.92 Å². The maximum atomic E-state index is 9.87. The van der Waals surface area contributed by atoms with E-state index in [0.717, 1.165) is 5.92 Å². The highest BCUT2D eigenvalue weighted by atomic mass is 16.4. The van der Waals surface area contributed by atoms with E-state index in [1.807, 2.05) is 12.1 Å². The van der Waals surface area contributed by atoms with Crippen molar-refractivity contribution in [1.29, 1.82) is 0 Å². The van der Waals surface area contributed by atoms with Crippen LogP contribution in [-0.2, 0) is 0 Å². The van der Waals surface area contributed by atoms with Crippen LogP contribution in [0.5, 0.6) is 0 Å². The Hall–Kier alpha value is -0.800. The van der Waals surface area contributed by atoms with Gasteiger partial charge in [0.15, 0.2) is 0 Å². The molecule has 0 radical (unpaired) electrons. The third kappa shape index (κ3) is 2.86. The predicted octanol–water partition coefficient (Wildman–Crippen LogP) is 2.48. The zero-order valence-corrected chi connectivity index (χ0v) is 9.86. The largest absolute Gasteiger partial charge is 0.467 e. The molecule has 3 nitrogen and oxygen atoms in total. The van der Waals surface area contributed by atoms with Gasteiger partial charge in [0.05, 0.1) is 6.26 Å². The summed E-state index contributed by atoms with van der Waals surface area (Å²) in [6, 6.07) is 4.18. The van der Waals surface area contributed by atoms with E-state index in [1.165, 1.54) is 25.7 Å². The Morgan fingerprint density at radius 2 is 2.31 bits per heavy atom. The van der Waals surface area contributed by atoms with E-state index in [4.69, 9.17) is 4.42 Å². The van der Waals surface area contributed by atoms with Crippen LogP contribution in [0.25, 0.3) is 0 Å². The SMILES string of the molecule is CC1CCCCC1NCC(O)c1ccco1. The average molecular weight is 223 g/mol. The van der Waals surface area contributed by atoms with Crippen LogP contribution in [0.2, 0.25) is 0 Å². The molecule has 0 spiro atoms. The number of furan rings is 1. The van der Waals surface area contributed by atoms with Crippen LogP contribution in [0.15, 0.2) is 22.8 Å². The van der Waals surface area contributed by atoms with E-state index in [9.17, 15) is 5.11 Å². The lowest BCUT2D eigenvalue weighted by atomic mass is 9.86. The first-order valence-electron chi connectivity index (χ1n) is 6.22. The Kier molecular flexibility index (Phi) is 4.02. The normalized spacial score (nSPS) is 27.9. The molecule has 0 bridgehead atoms. The van der Waals surface area contributed by atoms with E-state index < -0.39 is 6.10 Å². The monoisotopic (exact) mass is 223 g/mol. The summed E-state index contributed by atoms with van der Waals surface area (Å²) in [6.07, 6.45) is 6.26. The lowest BCUT2D eigenvalue weighted by Crippen LogP contribution is -2.39. The van der Waals surface area contributed by atoms with Gasteiger partial charge < -0.3 is 14.8 Å². The van der Waals surface area contributed by atoms with Crippen LogP contribution in [0.4, 0.5) is 0 Å². The first-order chi connectivity index (χ1) is 7.77. The maximum Gasteiger partial charge on any atom is 0.133 e. The number of aliphatic hydroxyl groups excluding tert-OH is 1. The molecule has 90 valence electrons. The topological polar surface area (TPSA) is 45.4 Å². The van der Waals surface area contributed by atoms with Gasteiger partial charge >= 0.3 is 0 Å². The molecule has 3 heteroatoms. The number of hydrogen-bond donors (Lipinski definition) is 2. The standard InChI is InChI=1S/C13H21NO2/c1-10-5-2-3-6-11(10)14-9-12(15)13-7-4-8-16-13/h4,7-8,10-12,14-15H,2-3,5-6,9H2,1H3. The van der Waals surface area contributed by atoms with Gasteiger partial charge in [-0.05, 0) is 30.9 Å². The molecule has 16 heavy (non-hydrogen) atoms. The highest BCUT2D eigenvalue weighted by Crippen LogP contribution is 2.24. The van der Waals surface area contributed by atoms with Crippen LogP contribution < -0.4 is 5.32 Å². The maximum absolute atomic E-state index is 9.87. The van der Waals surface area contributed by atoms with Gasteiger partial charge in [-0.2, -0.15) is 0 Å². The van der Waals surface area contributed by atoms with Crippen molar-refractivity contribution in [2.24, 2.45) is 5.92 Å². The highest BCUT2D eigenvalue weighted by molar-refractivity contribution is 5.02. The summed E-state index contributed by atoms with van der Waals surface area (Å²) in [5, 5.41) is 13.3. The zero-order chi connectivity index (χ0) is 11.4. The molecule has 1 fully saturated rings. The van der Waals surface area contributed by atoms with Crippen molar-refractivity contribution in [3.8, 4) is 0 Å². The number of nitrogens with one attached hydrogen (secondary N) is 1. The molecular formula is C13H21NO2. The summed E-state index contributed by atoms with van der Waals surface area (Å²) < 4.78 is 5.17. The molecule has 1 heterocycles. The molecule has 3 unspecified atom stereocenters. The summed E-state index contributed by atoms with van der Waals surface area (Å²) >= 11 is 0. The van der Waals surface area contributed by atoms with Gasteiger partial charge in [-0.15, -0.1) is 0 Å². The number of hydrogen-bond acceptors (Lipinski definition) is 3. The minimum Gasteiger partial charge on any atom is -0.467 e. The third-order valence-electron chi connectivity index (χ3n) is 3.56. The molecule has 0 aromatic carbocycles. The number of aliphatic hydroxyl groups is 1. The van der Waals surface area contributed by atoms with Gasteiger partial charge in [0.1, 0.15) is 11.9 Å². The Labute approximate surface area is 96.8 Å². The van der Waals surface area contributed by atoms with Crippen LogP contribution in [0.1, 0.15) is 44.5 Å². The number of rotatable bonds is 4. The lowest BCUT2D eigenvalue weighted by molar-refractivity contribution is 0.134. The van der Waals surface area contributed by atoms with Crippen molar-refractivity contribution >= 4 is 0 Å². The molecule has 0 amide bonds. The first-order valence-corrected chi connectivity index (χ1v) is 6.22. The summed E-state index contributed by atoms with van der Waals surface area (Å²) in [5.41, 5.74) is 0. The zero-order valence-electron chi connectivity index (χ0n) is 9.86. The molecule has 2 rings (SSSR count). The fourth-order valence-corrected chi connectivity index (χ4v) is 2.46. The fourth-order valence-electron chi connectivity index (χ4n) is 2.46. The lowest BCUT2D eigenvalue weighted by Gasteiger charge is -2.30. The van der Waals surface area contributed by atoms with Crippen LogP contribution in [-0.4, -0.2) is 17.7 Å². The Morgan fingerprint density at radius 1 is 1.50 bits per heavy atom. The molecule has 1 saturated carbocycles. The van der Waals surface area contributed by atoms with Gasteiger partial charge in [0.2, 0.25) is 0 Å². The van der Waals surface area contributed by atoms with Gasteiger partial charge in [-0.3, -0.25) is 0 Å². The molecule has 0 saturated heterocycles. The van der Waals surface area contributed by atoms with E-state index in [-0.39, 0.29) is 0 Å². The first kappa shape index (κ1) is 11.7. The van der Waals surface area contributed by atoms with Gasteiger partial charge in [0.25, 0.3) is 0 Å². The minimum absolute atomic E-state index is 0.524. The summed E-state index contributed by atoms with van der Waals surface area (Å²) in [4.78, 5) is 0. The molecule has 1 aliphatic carbocycles. The smallest absolute Gasteiger partial charge is 0.133 e. The van der Waals surface area contributed by atoms with Gasteiger partial charge in [0, 0.05) is 12.6 Å². The molecule has 2 N–H and O–H groups in total. The van der Waals surface area contributed by atoms with Gasteiger partial charge in [-0.1, -0.05) is 19.8 Å². The predicted molar refractivity (Wildman–Crippen MR) is 63.1 cm³/mol. The van der Waals surface area contributed by atoms with E-state index >= 15 is 0 Å². The van der Waals surface area contributed by atoms with E-state index in [0.29, 0.717) is 18.3 Å². The molecule has 3 atom stereocenters. The van der Waals surface area contributed by atoms with Crippen molar-refractivity contribution in [3.63, 3.8) is 0 Å². The average Bonchev–Trinajstić information content (AvgIpc) is 2.81. The molecule has 1 aromatic rings. The molecule has 0 aliphatic heterocycles. The molecule has 1 aromatic heterocycles. The quantitative estimate of drug-likeness (QED) is 0.824. The van der Waals surface area contributed by atoms with E-state index in [2.05, 4.69) is 12.2 Å². The minimum atomic E-state index is -0.524. The summed E-state index contributed by atoms with van der Waals surface area (Å²) in [6.45, 7) is 2.87. The van der Waals surface area contributed by atoms with E-state index in [1.54, 1.807) is 6.26 Å². The third-order valence-corrected chi connectivity index (χ3v) is 3.56. The van der Waals surface area contributed by atoms with Crippen molar-refractivity contribution in [2.75, 3.05) is 6.54 Å². The molecular weight excluding hydrogens is 202 g/mol. The second kappa shape index (κ2) is 5.51.